The number of carbonyl (C=O) groups is 1. The topological polar surface area (TPSA) is 70.6 Å². The normalized spacial score (nSPS) is 22.8. The van der Waals surface area contributed by atoms with Gasteiger partial charge in [-0.25, -0.2) is 4.79 Å². The molecule has 3 N–H and O–H groups in total. The highest BCUT2D eigenvalue weighted by atomic mass is 16.5. The lowest BCUT2D eigenvalue weighted by molar-refractivity contribution is 0.0451. The summed E-state index contributed by atoms with van der Waals surface area (Å²) < 4.78 is 5.42. The first-order valence-electron chi connectivity index (χ1n) is 8.01. The molecule has 1 aromatic carbocycles. The highest BCUT2D eigenvalue weighted by Gasteiger charge is 2.26. The van der Waals surface area contributed by atoms with Crippen molar-refractivity contribution in [2.75, 3.05) is 13.7 Å². The third-order valence-electron chi connectivity index (χ3n) is 4.21. The molecule has 0 radical (unpaired) electrons. The van der Waals surface area contributed by atoms with Crippen LogP contribution in [0.3, 0.4) is 0 Å². The number of aliphatic hydroxyl groups excluding tert-OH is 1. The van der Waals surface area contributed by atoms with Crippen molar-refractivity contribution in [3.8, 4) is 0 Å². The molecule has 5 nitrogen and oxygen atoms in total. The fraction of sp³-hybridized carbons (Fsp3) is 0.588. The van der Waals surface area contributed by atoms with E-state index in [4.69, 9.17) is 4.74 Å². The lowest BCUT2D eigenvalue weighted by Gasteiger charge is -2.31. The number of hydrogen-bond acceptors (Lipinski definition) is 3. The van der Waals surface area contributed by atoms with Crippen molar-refractivity contribution in [1.82, 2.24) is 10.6 Å². The highest BCUT2D eigenvalue weighted by molar-refractivity contribution is 5.74. The summed E-state index contributed by atoms with van der Waals surface area (Å²) in [4.78, 5) is 11.9. The SMILES string of the molecule is COC1CCCCC1NC(=O)NCCC(O)c1ccccc1. The van der Waals surface area contributed by atoms with Gasteiger partial charge in [0.15, 0.2) is 0 Å². The number of methoxy groups -OCH3 is 1. The van der Waals surface area contributed by atoms with Crippen molar-refractivity contribution in [3.05, 3.63) is 35.9 Å². The van der Waals surface area contributed by atoms with Crippen LogP contribution in [0.5, 0.6) is 0 Å². The summed E-state index contributed by atoms with van der Waals surface area (Å²) in [6.45, 7) is 0.437. The molecule has 2 rings (SSSR count). The summed E-state index contributed by atoms with van der Waals surface area (Å²) in [5.74, 6) is 0. The van der Waals surface area contributed by atoms with Crippen LogP contribution in [-0.4, -0.2) is 36.9 Å². The first kappa shape index (κ1) is 16.8. The van der Waals surface area contributed by atoms with Crippen molar-refractivity contribution in [2.24, 2.45) is 0 Å². The zero-order valence-corrected chi connectivity index (χ0v) is 13.1. The van der Waals surface area contributed by atoms with E-state index in [1.807, 2.05) is 30.3 Å². The van der Waals surface area contributed by atoms with Gasteiger partial charge in [-0.1, -0.05) is 43.2 Å². The fourth-order valence-electron chi connectivity index (χ4n) is 2.93. The van der Waals surface area contributed by atoms with Crippen LogP contribution < -0.4 is 10.6 Å². The van der Waals surface area contributed by atoms with Crippen LogP contribution >= 0.6 is 0 Å². The molecule has 122 valence electrons. The molecule has 0 bridgehead atoms. The lowest BCUT2D eigenvalue weighted by Crippen LogP contribution is -2.49. The zero-order valence-electron chi connectivity index (χ0n) is 13.1. The Morgan fingerprint density at radius 2 is 2.05 bits per heavy atom. The Balaban J connectivity index is 1.69. The van der Waals surface area contributed by atoms with E-state index < -0.39 is 6.10 Å². The van der Waals surface area contributed by atoms with Crippen LogP contribution in [-0.2, 0) is 4.74 Å². The van der Waals surface area contributed by atoms with Gasteiger partial charge in [0.1, 0.15) is 0 Å². The minimum atomic E-state index is -0.553. The van der Waals surface area contributed by atoms with Gasteiger partial charge in [-0.3, -0.25) is 0 Å². The van der Waals surface area contributed by atoms with E-state index >= 15 is 0 Å². The van der Waals surface area contributed by atoms with Crippen LogP contribution in [0.2, 0.25) is 0 Å². The third-order valence-corrected chi connectivity index (χ3v) is 4.21. The largest absolute Gasteiger partial charge is 0.388 e. The Bertz CT molecular complexity index is 452. The monoisotopic (exact) mass is 306 g/mol. The molecule has 0 aliphatic heterocycles. The van der Waals surface area contributed by atoms with Crippen LogP contribution in [0.1, 0.15) is 43.8 Å². The molecule has 1 aliphatic carbocycles. The average molecular weight is 306 g/mol. The summed E-state index contributed by atoms with van der Waals surface area (Å²) >= 11 is 0. The zero-order chi connectivity index (χ0) is 15.8. The number of carbonyl (C=O) groups excluding carboxylic acids is 1. The van der Waals surface area contributed by atoms with Gasteiger partial charge >= 0.3 is 6.03 Å². The number of nitrogens with one attached hydrogen (secondary N) is 2. The molecule has 5 heteroatoms. The van der Waals surface area contributed by atoms with Crippen molar-refractivity contribution in [3.63, 3.8) is 0 Å². The Labute approximate surface area is 132 Å². The summed E-state index contributed by atoms with van der Waals surface area (Å²) in [5.41, 5.74) is 0.872. The molecule has 2 amide bonds. The molecule has 0 heterocycles. The van der Waals surface area contributed by atoms with E-state index in [0.29, 0.717) is 13.0 Å². The maximum Gasteiger partial charge on any atom is 0.315 e. The molecule has 0 aromatic heterocycles. The molecule has 1 aromatic rings. The van der Waals surface area contributed by atoms with E-state index in [1.165, 1.54) is 0 Å². The Kier molecular flexibility index (Phi) is 6.68. The van der Waals surface area contributed by atoms with Gasteiger partial charge in [0.25, 0.3) is 0 Å². The molecular weight excluding hydrogens is 280 g/mol. The molecule has 22 heavy (non-hydrogen) atoms. The number of rotatable bonds is 6. The van der Waals surface area contributed by atoms with Gasteiger partial charge in [-0.05, 0) is 24.8 Å². The molecule has 3 unspecified atom stereocenters. The smallest absolute Gasteiger partial charge is 0.315 e. The fourth-order valence-corrected chi connectivity index (χ4v) is 2.93. The Morgan fingerprint density at radius 3 is 2.77 bits per heavy atom. The second kappa shape index (κ2) is 8.76. The predicted octanol–water partition coefficient (Wildman–Crippen LogP) is 2.37. The highest BCUT2D eigenvalue weighted by Crippen LogP contribution is 2.20. The first-order chi connectivity index (χ1) is 10.7. The molecule has 1 aliphatic rings. The van der Waals surface area contributed by atoms with E-state index in [0.717, 1.165) is 31.2 Å². The minimum Gasteiger partial charge on any atom is -0.388 e. The van der Waals surface area contributed by atoms with Crippen LogP contribution in [0, 0.1) is 0 Å². The number of amides is 2. The third kappa shape index (κ3) is 5.00. The summed E-state index contributed by atoms with van der Waals surface area (Å²) in [7, 11) is 1.69. The van der Waals surface area contributed by atoms with Gasteiger partial charge in [0.05, 0.1) is 18.2 Å². The van der Waals surface area contributed by atoms with Crippen molar-refractivity contribution < 1.29 is 14.6 Å². The Hall–Kier alpha value is -1.59. The number of hydrogen-bond donors (Lipinski definition) is 3. The van der Waals surface area contributed by atoms with Crippen LogP contribution in [0.15, 0.2) is 30.3 Å². The number of aliphatic hydroxyl groups is 1. The maximum absolute atomic E-state index is 11.9. The second-order valence-corrected chi connectivity index (χ2v) is 5.78. The van der Waals surface area contributed by atoms with Gasteiger partial charge < -0.3 is 20.5 Å². The summed E-state index contributed by atoms with van der Waals surface area (Å²) in [6.07, 6.45) is 4.28. The molecule has 3 atom stereocenters. The predicted molar refractivity (Wildman–Crippen MR) is 85.6 cm³/mol. The molecule has 1 fully saturated rings. The maximum atomic E-state index is 11.9. The van der Waals surface area contributed by atoms with Crippen molar-refractivity contribution in [2.45, 2.75) is 50.4 Å². The number of ether oxygens (including phenoxy) is 1. The standard InChI is InChI=1S/C17H26N2O3/c1-22-16-10-6-5-9-14(16)19-17(21)18-12-11-15(20)13-7-3-2-4-8-13/h2-4,7-8,14-16,20H,5-6,9-12H2,1H3,(H2,18,19,21). The quantitative estimate of drug-likeness (QED) is 0.755. The summed E-state index contributed by atoms with van der Waals surface area (Å²) in [6, 6.07) is 9.37. The van der Waals surface area contributed by atoms with Crippen LogP contribution in [0.4, 0.5) is 4.79 Å². The number of benzene rings is 1. The van der Waals surface area contributed by atoms with Crippen LogP contribution in [0.25, 0.3) is 0 Å². The van der Waals surface area contributed by atoms with Crippen molar-refractivity contribution >= 4 is 6.03 Å². The molecular formula is C17H26N2O3. The summed E-state index contributed by atoms with van der Waals surface area (Å²) in [5, 5.41) is 15.8. The Morgan fingerprint density at radius 1 is 1.32 bits per heavy atom. The van der Waals surface area contributed by atoms with Gasteiger partial charge in [0.2, 0.25) is 0 Å². The second-order valence-electron chi connectivity index (χ2n) is 5.78. The molecule has 0 spiro atoms. The van der Waals surface area contributed by atoms with E-state index in [1.54, 1.807) is 7.11 Å². The molecule has 0 saturated heterocycles. The number of urea groups is 1. The average Bonchev–Trinajstić information content (AvgIpc) is 2.56. The van der Waals surface area contributed by atoms with Gasteiger partial charge in [-0.15, -0.1) is 0 Å². The van der Waals surface area contributed by atoms with Crippen molar-refractivity contribution in [1.29, 1.82) is 0 Å². The van der Waals surface area contributed by atoms with E-state index in [-0.39, 0.29) is 18.2 Å². The van der Waals surface area contributed by atoms with Gasteiger partial charge in [-0.2, -0.15) is 0 Å². The van der Waals surface area contributed by atoms with E-state index in [2.05, 4.69) is 10.6 Å². The first-order valence-corrected chi connectivity index (χ1v) is 8.01. The van der Waals surface area contributed by atoms with Gasteiger partial charge in [0, 0.05) is 13.7 Å². The minimum absolute atomic E-state index is 0.0813. The van der Waals surface area contributed by atoms with E-state index in [9.17, 15) is 9.90 Å². The molecule has 1 saturated carbocycles. The lowest BCUT2D eigenvalue weighted by atomic mass is 9.92.